The highest BCUT2D eigenvalue weighted by Gasteiger charge is 2.20. The molecule has 0 aliphatic rings. The Morgan fingerprint density at radius 2 is 2.00 bits per heavy atom. The van der Waals surface area contributed by atoms with Crippen LogP contribution in [0.1, 0.15) is 31.0 Å². The van der Waals surface area contributed by atoms with E-state index in [1.165, 1.54) is 0 Å². The van der Waals surface area contributed by atoms with Gasteiger partial charge in [-0.1, -0.05) is 13.3 Å². The maximum atomic E-state index is 12.3. The molecule has 132 valence electrons. The van der Waals surface area contributed by atoms with Crippen molar-refractivity contribution >= 4 is 11.9 Å². The number of aromatic nitrogens is 3. The first-order valence-electron chi connectivity index (χ1n) is 7.94. The molecule has 0 fully saturated rings. The van der Waals surface area contributed by atoms with E-state index in [1.54, 1.807) is 31.5 Å². The molecule has 8 nitrogen and oxygen atoms in total. The Kier molecular flexibility index (Phi) is 5.99. The summed E-state index contributed by atoms with van der Waals surface area (Å²) in [5.74, 6) is -1.22. The molecule has 0 saturated carbocycles. The van der Waals surface area contributed by atoms with Crippen LogP contribution in [0.2, 0.25) is 0 Å². The van der Waals surface area contributed by atoms with Crippen molar-refractivity contribution in [1.82, 2.24) is 20.3 Å². The van der Waals surface area contributed by atoms with Crippen LogP contribution in [0.4, 0.5) is 0 Å². The molecule has 25 heavy (non-hydrogen) atoms. The number of pyridine rings is 1. The second-order valence-corrected chi connectivity index (χ2v) is 5.64. The van der Waals surface area contributed by atoms with Crippen molar-refractivity contribution in [1.29, 1.82) is 0 Å². The number of aryl methyl sites for hydroxylation is 1. The van der Waals surface area contributed by atoms with E-state index < -0.39 is 23.5 Å². The van der Waals surface area contributed by atoms with Crippen LogP contribution in [0.5, 0.6) is 0 Å². The minimum Gasteiger partial charge on any atom is -0.480 e. The van der Waals surface area contributed by atoms with Gasteiger partial charge in [0.1, 0.15) is 11.9 Å². The van der Waals surface area contributed by atoms with Gasteiger partial charge in [0.25, 0.3) is 5.56 Å². The number of hydrogen-bond donors (Lipinski definition) is 3. The zero-order valence-corrected chi connectivity index (χ0v) is 14.1. The lowest BCUT2D eigenvalue weighted by Gasteiger charge is -2.14. The number of aliphatic carboxylic acids is 1. The van der Waals surface area contributed by atoms with Crippen molar-refractivity contribution in [3.63, 3.8) is 0 Å². The highest BCUT2D eigenvalue weighted by atomic mass is 16.4. The number of rotatable bonds is 7. The summed E-state index contributed by atoms with van der Waals surface area (Å²) in [6.45, 7) is 3.47. The zero-order valence-electron chi connectivity index (χ0n) is 14.1. The van der Waals surface area contributed by atoms with Crippen molar-refractivity contribution in [3.05, 3.63) is 46.1 Å². The molecule has 1 unspecified atom stereocenters. The van der Waals surface area contributed by atoms with Crippen molar-refractivity contribution in [3.8, 4) is 11.4 Å². The molecule has 0 aliphatic heterocycles. The molecule has 2 aromatic rings. The Bertz CT molecular complexity index is 817. The van der Waals surface area contributed by atoms with Crippen LogP contribution in [0.15, 0.2) is 29.3 Å². The highest BCUT2D eigenvalue weighted by Crippen LogP contribution is 2.13. The summed E-state index contributed by atoms with van der Waals surface area (Å²) >= 11 is 0. The van der Waals surface area contributed by atoms with E-state index in [-0.39, 0.29) is 12.0 Å². The van der Waals surface area contributed by atoms with Gasteiger partial charge in [-0.2, -0.15) is 0 Å². The number of H-pyrrole nitrogens is 1. The maximum Gasteiger partial charge on any atom is 0.326 e. The lowest BCUT2D eigenvalue weighted by Crippen LogP contribution is -2.42. The van der Waals surface area contributed by atoms with E-state index in [0.29, 0.717) is 29.9 Å². The molecular formula is C17H20N4O4. The molecule has 0 spiro atoms. The third-order valence-electron chi connectivity index (χ3n) is 3.72. The van der Waals surface area contributed by atoms with Crippen LogP contribution in [0.25, 0.3) is 11.4 Å². The van der Waals surface area contributed by atoms with Gasteiger partial charge in [0.2, 0.25) is 5.91 Å². The van der Waals surface area contributed by atoms with Crippen molar-refractivity contribution in [2.75, 3.05) is 0 Å². The third kappa shape index (κ3) is 4.72. The normalized spacial score (nSPS) is 11.8. The van der Waals surface area contributed by atoms with Crippen LogP contribution < -0.4 is 10.9 Å². The summed E-state index contributed by atoms with van der Waals surface area (Å²) in [4.78, 5) is 46.4. The molecule has 1 atom stereocenters. The zero-order chi connectivity index (χ0) is 18.4. The summed E-state index contributed by atoms with van der Waals surface area (Å²) in [5.41, 5.74) is 0.931. The average Bonchev–Trinajstić information content (AvgIpc) is 2.58. The van der Waals surface area contributed by atoms with E-state index >= 15 is 0 Å². The largest absolute Gasteiger partial charge is 0.480 e. The summed E-state index contributed by atoms with van der Waals surface area (Å²) in [6.07, 6.45) is 3.91. The number of carboxylic acids is 1. The lowest BCUT2D eigenvalue weighted by atomic mass is 10.1. The van der Waals surface area contributed by atoms with Crippen LogP contribution in [0.3, 0.4) is 0 Å². The van der Waals surface area contributed by atoms with Gasteiger partial charge in [0.05, 0.1) is 6.42 Å². The van der Waals surface area contributed by atoms with Gasteiger partial charge in [-0.05, 0) is 25.5 Å². The molecule has 2 aromatic heterocycles. The summed E-state index contributed by atoms with van der Waals surface area (Å²) in [7, 11) is 0. The number of amides is 1. The van der Waals surface area contributed by atoms with Crippen LogP contribution in [-0.4, -0.2) is 38.0 Å². The molecule has 0 saturated heterocycles. The Balaban J connectivity index is 2.19. The lowest BCUT2D eigenvalue weighted by molar-refractivity contribution is -0.141. The predicted octanol–water partition coefficient (Wildman–Crippen LogP) is 1.05. The van der Waals surface area contributed by atoms with E-state index in [4.69, 9.17) is 5.11 Å². The fraction of sp³-hybridized carbons (Fsp3) is 0.353. The first-order chi connectivity index (χ1) is 11.9. The van der Waals surface area contributed by atoms with Crippen molar-refractivity contribution < 1.29 is 14.7 Å². The average molecular weight is 344 g/mol. The summed E-state index contributed by atoms with van der Waals surface area (Å²) in [6, 6.07) is 2.47. The van der Waals surface area contributed by atoms with Crippen LogP contribution in [-0.2, 0) is 16.0 Å². The number of hydrogen-bond acceptors (Lipinski definition) is 5. The number of carbonyl (C=O) groups excluding carboxylic acids is 1. The predicted molar refractivity (Wildman–Crippen MR) is 91.0 cm³/mol. The topological polar surface area (TPSA) is 125 Å². The molecule has 1 amide bonds. The van der Waals surface area contributed by atoms with E-state index in [2.05, 4.69) is 20.3 Å². The molecule has 8 heteroatoms. The Morgan fingerprint density at radius 3 is 2.56 bits per heavy atom. The van der Waals surface area contributed by atoms with E-state index in [9.17, 15) is 14.4 Å². The standard InChI is InChI=1S/C17H20N4O4/c1-3-4-13(17(24)25)20-14(22)9-12-10(2)19-15(21-16(12)23)11-5-7-18-8-6-11/h5-8,13H,3-4,9H2,1-2H3,(H,20,22)(H,24,25)(H,19,21,23). The minimum absolute atomic E-state index is 0.218. The Morgan fingerprint density at radius 1 is 1.32 bits per heavy atom. The number of nitrogens with zero attached hydrogens (tertiary/aromatic N) is 2. The Hall–Kier alpha value is -3.03. The van der Waals surface area contributed by atoms with E-state index in [1.807, 2.05) is 6.92 Å². The maximum absolute atomic E-state index is 12.3. The van der Waals surface area contributed by atoms with Gasteiger partial charge in [0, 0.05) is 29.2 Å². The first kappa shape index (κ1) is 18.3. The second kappa shape index (κ2) is 8.18. The third-order valence-corrected chi connectivity index (χ3v) is 3.72. The molecular weight excluding hydrogens is 324 g/mol. The van der Waals surface area contributed by atoms with Gasteiger partial charge in [-0.3, -0.25) is 14.6 Å². The number of carbonyl (C=O) groups is 2. The Labute approximate surface area is 144 Å². The molecule has 0 radical (unpaired) electrons. The van der Waals surface area contributed by atoms with Gasteiger partial charge >= 0.3 is 5.97 Å². The van der Waals surface area contributed by atoms with Gasteiger partial charge in [-0.15, -0.1) is 0 Å². The fourth-order valence-electron chi connectivity index (χ4n) is 2.42. The van der Waals surface area contributed by atoms with Gasteiger partial charge in [-0.25, -0.2) is 9.78 Å². The summed E-state index contributed by atoms with van der Waals surface area (Å²) < 4.78 is 0. The number of carboxylic acid groups (broad SMARTS) is 1. The summed E-state index contributed by atoms with van der Waals surface area (Å²) in [5, 5.41) is 11.5. The smallest absolute Gasteiger partial charge is 0.326 e. The quantitative estimate of drug-likeness (QED) is 0.689. The van der Waals surface area contributed by atoms with Gasteiger partial charge < -0.3 is 15.4 Å². The van der Waals surface area contributed by atoms with Gasteiger partial charge in [0.15, 0.2) is 0 Å². The van der Waals surface area contributed by atoms with Crippen LogP contribution in [0, 0.1) is 6.92 Å². The monoisotopic (exact) mass is 344 g/mol. The van der Waals surface area contributed by atoms with E-state index in [0.717, 1.165) is 0 Å². The molecule has 2 rings (SSSR count). The molecule has 3 N–H and O–H groups in total. The number of nitrogens with one attached hydrogen (secondary N) is 2. The minimum atomic E-state index is -1.09. The molecule has 0 bridgehead atoms. The SMILES string of the molecule is CCCC(NC(=O)Cc1c(C)nc(-c2ccncc2)[nH]c1=O)C(=O)O. The van der Waals surface area contributed by atoms with Crippen LogP contribution >= 0.6 is 0 Å². The number of aromatic amines is 1. The first-order valence-corrected chi connectivity index (χ1v) is 7.94. The highest BCUT2D eigenvalue weighted by molar-refractivity contribution is 5.84. The molecule has 0 aromatic carbocycles. The van der Waals surface area contributed by atoms with Crippen molar-refractivity contribution in [2.45, 2.75) is 39.2 Å². The molecule has 2 heterocycles. The molecule has 0 aliphatic carbocycles. The van der Waals surface area contributed by atoms with Crippen molar-refractivity contribution in [2.24, 2.45) is 0 Å². The second-order valence-electron chi connectivity index (χ2n) is 5.64. The fourth-order valence-corrected chi connectivity index (χ4v) is 2.42.